The third-order valence-corrected chi connectivity index (χ3v) is 3.21. The van der Waals surface area contributed by atoms with E-state index in [0.29, 0.717) is 31.7 Å². The molecule has 0 atom stereocenters. The van der Waals surface area contributed by atoms with E-state index in [9.17, 15) is 9.59 Å². The zero-order chi connectivity index (χ0) is 15.6. The van der Waals surface area contributed by atoms with Crippen molar-refractivity contribution in [3.8, 4) is 0 Å². The Morgan fingerprint density at radius 3 is 2.76 bits per heavy atom. The molecule has 0 saturated carbocycles. The van der Waals surface area contributed by atoms with Gasteiger partial charge in [0.1, 0.15) is 11.3 Å². The molecule has 0 unspecified atom stereocenters. The monoisotopic (exact) mass is 291 g/mol. The van der Waals surface area contributed by atoms with Crippen molar-refractivity contribution in [3.63, 3.8) is 0 Å². The highest BCUT2D eigenvalue weighted by atomic mass is 16.6. The fraction of sp³-hybridized carbons (Fsp3) is 0.533. The molecule has 0 fully saturated rings. The number of aldehydes is 1. The predicted molar refractivity (Wildman–Crippen MR) is 78.2 cm³/mol. The first-order valence-corrected chi connectivity index (χ1v) is 6.98. The zero-order valence-corrected chi connectivity index (χ0v) is 12.8. The molecule has 1 aliphatic heterocycles. The molecule has 6 heteroatoms. The largest absolute Gasteiger partial charge is 0.444 e. The number of hydrogen-bond donors (Lipinski definition) is 0. The minimum atomic E-state index is -0.530. The molecule has 6 nitrogen and oxygen atoms in total. The number of allylic oxidation sites excluding steroid dienone is 1. The minimum absolute atomic E-state index is 0.357. The van der Waals surface area contributed by atoms with Crippen molar-refractivity contribution in [1.82, 2.24) is 14.7 Å². The van der Waals surface area contributed by atoms with E-state index in [2.05, 4.69) is 11.7 Å². The quantitative estimate of drug-likeness (QED) is 0.632. The van der Waals surface area contributed by atoms with Crippen LogP contribution in [0.3, 0.4) is 0 Å². The van der Waals surface area contributed by atoms with Crippen molar-refractivity contribution >= 4 is 12.4 Å². The van der Waals surface area contributed by atoms with Crippen LogP contribution in [0.15, 0.2) is 12.7 Å². The third kappa shape index (κ3) is 3.32. The molecule has 0 saturated heterocycles. The SMILES string of the molecule is C=CCn1nc2c(c1C=O)CN(C(=O)OC(C)(C)C)CC2. The van der Waals surface area contributed by atoms with Gasteiger partial charge in [0.15, 0.2) is 6.29 Å². The van der Waals surface area contributed by atoms with E-state index in [-0.39, 0.29) is 6.09 Å². The first kappa shape index (κ1) is 15.3. The van der Waals surface area contributed by atoms with Gasteiger partial charge in [-0.2, -0.15) is 5.10 Å². The number of fused-ring (bicyclic) bond motifs is 1. The molecule has 0 radical (unpaired) electrons. The van der Waals surface area contributed by atoms with E-state index in [4.69, 9.17) is 4.74 Å². The van der Waals surface area contributed by atoms with Gasteiger partial charge in [0.2, 0.25) is 0 Å². The van der Waals surface area contributed by atoms with Gasteiger partial charge in [-0.1, -0.05) is 6.08 Å². The first-order valence-electron chi connectivity index (χ1n) is 6.98. The second-order valence-corrected chi connectivity index (χ2v) is 6.05. The summed E-state index contributed by atoms with van der Waals surface area (Å²) in [7, 11) is 0. The Bertz CT molecular complexity index is 569. The second kappa shape index (κ2) is 5.71. The maximum atomic E-state index is 12.1. The van der Waals surface area contributed by atoms with Gasteiger partial charge in [-0.3, -0.25) is 9.48 Å². The van der Waals surface area contributed by atoms with Crippen molar-refractivity contribution in [2.45, 2.75) is 45.9 Å². The fourth-order valence-electron chi connectivity index (χ4n) is 2.32. The number of amides is 1. The molecule has 0 N–H and O–H groups in total. The van der Waals surface area contributed by atoms with Crippen LogP contribution in [0.4, 0.5) is 4.79 Å². The molecule has 0 bridgehead atoms. The fourth-order valence-corrected chi connectivity index (χ4v) is 2.32. The van der Waals surface area contributed by atoms with Crippen LogP contribution in [0.5, 0.6) is 0 Å². The second-order valence-electron chi connectivity index (χ2n) is 6.05. The Kier molecular flexibility index (Phi) is 4.16. The Balaban J connectivity index is 2.21. The Labute approximate surface area is 124 Å². The van der Waals surface area contributed by atoms with E-state index in [1.54, 1.807) is 15.7 Å². The summed E-state index contributed by atoms with van der Waals surface area (Å²) in [6.45, 7) is 10.5. The van der Waals surface area contributed by atoms with Gasteiger partial charge >= 0.3 is 6.09 Å². The molecule has 114 valence electrons. The summed E-state index contributed by atoms with van der Waals surface area (Å²) in [5.74, 6) is 0. The standard InChI is InChI=1S/C15H21N3O3/c1-5-7-18-13(10-19)11-9-17(8-6-12(11)16-18)14(20)21-15(2,3)4/h5,10H,1,6-9H2,2-4H3. The van der Waals surface area contributed by atoms with Gasteiger partial charge in [-0.25, -0.2) is 4.79 Å². The summed E-state index contributed by atoms with van der Waals surface area (Å²) in [6, 6.07) is 0. The molecule has 21 heavy (non-hydrogen) atoms. The molecule has 1 amide bonds. The van der Waals surface area contributed by atoms with E-state index >= 15 is 0 Å². The minimum Gasteiger partial charge on any atom is -0.444 e. The number of aromatic nitrogens is 2. The van der Waals surface area contributed by atoms with Gasteiger partial charge < -0.3 is 9.64 Å². The van der Waals surface area contributed by atoms with Crippen molar-refractivity contribution in [3.05, 3.63) is 29.6 Å². The van der Waals surface area contributed by atoms with E-state index in [1.807, 2.05) is 20.8 Å². The van der Waals surface area contributed by atoms with Crippen molar-refractivity contribution < 1.29 is 14.3 Å². The van der Waals surface area contributed by atoms with Gasteiger partial charge in [0, 0.05) is 18.5 Å². The average molecular weight is 291 g/mol. The van der Waals surface area contributed by atoms with Crippen molar-refractivity contribution in [1.29, 1.82) is 0 Å². The van der Waals surface area contributed by atoms with Crippen LogP contribution in [-0.2, 0) is 24.2 Å². The van der Waals surface area contributed by atoms with Gasteiger partial charge in [-0.05, 0) is 20.8 Å². The van der Waals surface area contributed by atoms with Gasteiger partial charge in [0.25, 0.3) is 0 Å². The maximum absolute atomic E-state index is 12.1. The van der Waals surface area contributed by atoms with Crippen LogP contribution in [0.2, 0.25) is 0 Å². The highest BCUT2D eigenvalue weighted by Gasteiger charge is 2.29. The Morgan fingerprint density at radius 2 is 2.19 bits per heavy atom. The molecule has 2 heterocycles. The topological polar surface area (TPSA) is 64.4 Å². The average Bonchev–Trinajstić information content (AvgIpc) is 2.73. The lowest BCUT2D eigenvalue weighted by Crippen LogP contribution is -2.40. The molecule has 0 aliphatic carbocycles. The first-order chi connectivity index (χ1) is 9.85. The molecular weight excluding hydrogens is 270 g/mol. The number of carbonyl (C=O) groups is 2. The lowest BCUT2D eigenvalue weighted by molar-refractivity contribution is 0.0223. The molecule has 1 aliphatic rings. The summed E-state index contributed by atoms with van der Waals surface area (Å²) in [6.07, 6.45) is 2.74. The van der Waals surface area contributed by atoms with Gasteiger partial charge in [0.05, 0.1) is 18.8 Å². The predicted octanol–water partition coefficient (Wildman–Crippen LogP) is 2.17. The normalized spacial score (nSPS) is 14.5. The van der Waals surface area contributed by atoms with Crippen molar-refractivity contribution in [2.75, 3.05) is 6.54 Å². The van der Waals surface area contributed by atoms with Crippen LogP contribution in [0.1, 0.15) is 42.5 Å². The van der Waals surface area contributed by atoms with E-state index in [0.717, 1.165) is 17.5 Å². The van der Waals surface area contributed by atoms with Crippen LogP contribution in [-0.4, -0.2) is 39.2 Å². The molecule has 0 aromatic carbocycles. The van der Waals surface area contributed by atoms with Crippen LogP contribution < -0.4 is 0 Å². The number of hydrogen-bond acceptors (Lipinski definition) is 4. The highest BCUT2D eigenvalue weighted by Crippen LogP contribution is 2.23. The van der Waals surface area contributed by atoms with Crippen LogP contribution in [0, 0.1) is 0 Å². The number of ether oxygens (including phenoxy) is 1. The maximum Gasteiger partial charge on any atom is 0.410 e. The molecule has 2 rings (SSSR count). The van der Waals surface area contributed by atoms with E-state index < -0.39 is 5.60 Å². The van der Waals surface area contributed by atoms with Crippen LogP contribution >= 0.6 is 0 Å². The number of nitrogens with zero attached hydrogens (tertiary/aromatic N) is 3. The molecular formula is C15H21N3O3. The van der Waals surface area contributed by atoms with Crippen molar-refractivity contribution in [2.24, 2.45) is 0 Å². The number of rotatable bonds is 3. The molecule has 1 aromatic rings. The van der Waals surface area contributed by atoms with Crippen LogP contribution in [0.25, 0.3) is 0 Å². The van der Waals surface area contributed by atoms with Gasteiger partial charge in [-0.15, -0.1) is 6.58 Å². The lowest BCUT2D eigenvalue weighted by Gasteiger charge is -2.29. The summed E-state index contributed by atoms with van der Waals surface area (Å²) in [5.41, 5.74) is 1.67. The highest BCUT2D eigenvalue weighted by molar-refractivity contribution is 5.76. The zero-order valence-electron chi connectivity index (χ0n) is 12.8. The summed E-state index contributed by atoms with van der Waals surface area (Å²) in [5, 5.41) is 4.42. The number of carbonyl (C=O) groups excluding carboxylic acids is 2. The smallest absolute Gasteiger partial charge is 0.410 e. The third-order valence-electron chi connectivity index (χ3n) is 3.21. The summed E-state index contributed by atoms with van der Waals surface area (Å²) >= 11 is 0. The molecule has 1 aromatic heterocycles. The summed E-state index contributed by atoms with van der Waals surface area (Å²) in [4.78, 5) is 25.0. The Morgan fingerprint density at radius 1 is 1.48 bits per heavy atom. The Hall–Kier alpha value is -2.11. The molecule has 0 spiro atoms. The summed E-state index contributed by atoms with van der Waals surface area (Å²) < 4.78 is 7.00. The van der Waals surface area contributed by atoms with E-state index in [1.165, 1.54) is 0 Å². The lowest BCUT2D eigenvalue weighted by atomic mass is 10.1.